The number of benzene rings is 2. The molecule has 0 spiro atoms. The Morgan fingerprint density at radius 2 is 1.80 bits per heavy atom. The van der Waals surface area contributed by atoms with Crippen molar-refractivity contribution in [1.29, 1.82) is 0 Å². The van der Waals surface area contributed by atoms with Gasteiger partial charge < -0.3 is 5.32 Å². The van der Waals surface area contributed by atoms with Crippen molar-refractivity contribution >= 4 is 34.9 Å². The molecule has 0 unspecified atom stereocenters. The van der Waals surface area contributed by atoms with Gasteiger partial charge in [0.15, 0.2) is 5.82 Å². The summed E-state index contributed by atoms with van der Waals surface area (Å²) in [6.45, 7) is 4.41. The monoisotopic (exact) mass is 373 g/mol. The lowest BCUT2D eigenvalue weighted by Gasteiger charge is -2.07. The van der Waals surface area contributed by atoms with Crippen LogP contribution >= 0.6 is 23.2 Å². The fourth-order valence-electron chi connectivity index (χ4n) is 2.44. The molecular formula is C19H17Cl2N3O. The number of nitrogens with zero attached hydrogens (tertiary/aromatic N) is 2. The lowest BCUT2D eigenvalue weighted by atomic mass is 10.1. The molecule has 0 aliphatic carbocycles. The number of anilines is 1. The summed E-state index contributed by atoms with van der Waals surface area (Å²) in [5.74, 6) is 0.322. The Hall–Kier alpha value is -2.30. The van der Waals surface area contributed by atoms with Crippen LogP contribution in [-0.4, -0.2) is 15.7 Å². The third-order valence-electron chi connectivity index (χ3n) is 3.87. The van der Waals surface area contributed by atoms with Crippen LogP contribution in [-0.2, 0) is 6.54 Å². The molecule has 0 fully saturated rings. The van der Waals surface area contributed by atoms with Gasteiger partial charge in [-0.1, -0.05) is 47.0 Å². The molecule has 4 nitrogen and oxygen atoms in total. The summed E-state index contributed by atoms with van der Waals surface area (Å²) in [5, 5.41) is 8.45. The van der Waals surface area contributed by atoms with Gasteiger partial charge in [-0.2, -0.15) is 5.10 Å². The normalized spacial score (nSPS) is 10.7. The fraction of sp³-hybridized carbons (Fsp3) is 0.158. The van der Waals surface area contributed by atoms with E-state index >= 15 is 0 Å². The third-order valence-corrected chi connectivity index (χ3v) is 4.46. The highest BCUT2D eigenvalue weighted by Crippen LogP contribution is 2.22. The number of halogens is 2. The molecule has 2 aromatic carbocycles. The first-order valence-corrected chi connectivity index (χ1v) is 8.54. The van der Waals surface area contributed by atoms with E-state index in [-0.39, 0.29) is 5.91 Å². The molecule has 0 aliphatic heterocycles. The van der Waals surface area contributed by atoms with Crippen LogP contribution in [0.2, 0.25) is 10.0 Å². The highest BCUT2D eigenvalue weighted by Gasteiger charge is 2.11. The number of carbonyl (C=O) groups is 1. The molecule has 0 atom stereocenters. The third kappa shape index (κ3) is 4.21. The van der Waals surface area contributed by atoms with Gasteiger partial charge in [0.1, 0.15) is 0 Å². The Labute approximate surface area is 156 Å². The zero-order valence-corrected chi connectivity index (χ0v) is 15.4. The smallest absolute Gasteiger partial charge is 0.256 e. The molecule has 0 radical (unpaired) electrons. The van der Waals surface area contributed by atoms with Crippen molar-refractivity contribution in [3.63, 3.8) is 0 Å². The summed E-state index contributed by atoms with van der Waals surface area (Å²) in [7, 11) is 0. The van der Waals surface area contributed by atoms with E-state index < -0.39 is 0 Å². The van der Waals surface area contributed by atoms with Crippen LogP contribution < -0.4 is 5.32 Å². The van der Waals surface area contributed by atoms with E-state index in [0.717, 1.165) is 16.8 Å². The fourth-order valence-corrected chi connectivity index (χ4v) is 2.90. The van der Waals surface area contributed by atoms with Gasteiger partial charge in [-0.15, -0.1) is 0 Å². The molecule has 0 saturated heterocycles. The summed E-state index contributed by atoms with van der Waals surface area (Å²) in [5.41, 5.74) is 3.54. The highest BCUT2D eigenvalue weighted by atomic mass is 35.5. The Kier molecular flexibility index (Phi) is 5.11. The van der Waals surface area contributed by atoms with Crippen LogP contribution in [0, 0.1) is 13.8 Å². The van der Waals surface area contributed by atoms with Crippen LogP contribution in [0.1, 0.15) is 27.2 Å². The second-order valence-electron chi connectivity index (χ2n) is 5.88. The predicted molar refractivity (Wildman–Crippen MR) is 102 cm³/mol. The van der Waals surface area contributed by atoms with Crippen molar-refractivity contribution < 1.29 is 4.79 Å². The molecule has 1 amide bonds. The Balaban J connectivity index is 1.75. The van der Waals surface area contributed by atoms with Gasteiger partial charge in [-0.25, -0.2) is 0 Å². The maximum atomic E-state index is 12.3. The van der Waals surface area contributed by atoms with Crippen molar-refractivity contribution in [2.24, 2.45) is 0 Å². The number of aryl methyl sites for hydroxylation is 2. The van der Waals surface area contributed by atoms with Gasteiger partial charge in [0.25, 0.3) is 5.91 Å². The number of aromatic nitrogens is 2. The summed E-state index contributed by atoms with van der Waals surface area (Å²) in [6, 6.07) is 14.6. The summed E-state index contributed by atoms with van der Waals surface area (Å²) >= 11 is 12.1. The number of nitrogens with one attached hydrogen (secondary N) is 1. The number of amides is 1. The van der Waals surface area contributed by atoms with E-state index in [9.17, 15) is 4.79 Å². The SMILES string of the molecule is Cc1ccc(C(=O)Nc2cc(C)n(Cc3ccc(Cl)cc3Cl)n2)cc1. The minimum atomic E-state index is -0.186. The molecule has 0 aliphatic rings. The Morgan fingerprint density at radius 3 is 2.48 bits per heavy atom. The number of hydrogen-bond donors (Lipinski definition) is 1. The van der Waals surface area contributed by atoms with Gasteiger partial charge in [-0.3, -0.25) is 9.48 Å². The topological polar surface area (TPSA) is 46.9 Å². The maximum Gasteiger partial charge on any atom is 0.256 e. The van der Waals surface area contributed by atoms with E-state index in [1.807, 2.05) is 38.1 Å². The molecule has 6 heteroatoms. The largest absolute Gasteiger partial charge is 0.305 e. The minimum Gasteiger partial charge on any atom is -0.305 e. The molecule has 0 saturated carbocycles. The average molecular weight is 374 g/mol. The van der Waals surface area contributed by atoms with Gasteiger partial charge in [0.05, 0.1) is 6.54 Å². The van der Waals surface area contributed by atoms with Crippen molar-refractivity contribution in [3.05, 3.63) is 81.0 Å². The first kappa shape index (κ1) is 17.5. The second kappa shape index (κ2) is 7.30. The van der Waals surface area contributed by atoms with E-state index in [1.165, 1.54) is 0 Å². The average Bonchev–Trinajstić information content (AvgIpc) is 2.90. The molecule has 128 valence electrons. The highest BCUT2D eigenvalue weighted by molar-refractivity contribution is 6.35. The van der Waals surface area contributed by atoms with Gasteiger partial charge >= 0.3 is 0 Å². The predicted octanol–water partition coefficient (Wildman–Crippen LogP) is 5.11. The molecule has 3 aromatic rings. The van der Waals surface area contributed by atoms with E-state index in [4.69, 9.17) is 23.2 Å². The Morgan fingerprint density at radius 1 is 1.08 bits per heavy atom. The van der Waals surface area contributed by atoms with Crippen LogP contribution in [0.5, 0.6) is 0 Å². The van der Waals surface area contributed by atoms with Crippen LogP contribution in [0.4, 0.5) is 5.82 Å². The standard InChI is InChI=1S/C19H17Cl2N3O/c1-12-3-5-14(6-4-12)19(25)22-18-9-13(2)24(23-18)11-15-7-8-16(20)10-17(15)21/h3-10H,11H2,1-2H3,(H,22,23,25). The van der Waals surface area contributed by atoms with Crippen molar-refractivity contribution in [2.45, 2.75) is 20.4 Å². The summed E-state index contributed by atoms with van der Waals surface area (Å²) < 4.78 is 1.79. The first-order chi connectivity index (χ1) is 11.9. The van der Waals surface area contributed by atoms with Gasteiger partial charge in [-0.05, 0) is 43.7 Å². The van der Waals surface area contributed by atoms with E-state index in [1.54, 1.807) is 28.9 Å². The van der Waals surface area contributed by atoms with E-state index in [2.05, 4.69) is 10.4 Å². The molecule has 0 bridgehead atoms. The van der Waals surface area contributed by atoms with Crippen LogP contribution in [0.15, 0.2) is 48.5 Å². The number of rotatable bonds is 4. The Bertz CT molecular complexity index is 917. The molecular weight excluding hydrogens is 357 g/mol. The lowest BCUT2D eigenvalue weighted by molar-refractivity contribution is 0.102. The van der Waals surface area contributed by atoms with Crippen molar-refractivity contribution in [2.75, 3.05) is 5.32 Å². The first-order valence-electron chi connectivity index (χ1n) is 7.79. The second-order valence-corrected chi connectivity index (χ2v) is 6.73. The van der Waals surface area contributed by atoms with Gasteiger partial charge in [0, 0.05) is 27.4 Å². The molecule has 3 rings (SSSR count). The minimum absolute atomic E-state index is 0.186. The molecule has 1 heterocycles. The van der Waals surface area contributed by atoms with Crippen LogP contribution in [0.25, 0.3) is 0 Å². The van der Waals surface area contributed by atoms with Crippen LogP contribution in [0.3, 0.4) is 0 Å². The quantitative estimate of drug-likeness (QED) is 0.690. The number of carbonyl (C=O) groups excluding carboxylic acids is 1. The zero-order chi connectivity index (χ0) is 18.0. The molecule has 1 N–H and O–H groups in total. The number of hydrogen-bond acceptors (Lipinski definition) is 2. The van der Waals surface area contributed by atoms with Crippen molar-refractivity contribution in [1.82, 2.24) is 9.78 Å². The van der Waals surface area contributed by atoms with E-state index in [0.29, 0.717) is 28.0 Å². The molecule has 25 heavy (non-hydrogen) atoms. The van der Waals surface area contributed by atoms with Gasteiger partial charge in [0.2, 0.25) is 0 Å². The maximum absolute atomic E-state index is 12.3. The van der Waals surface area contributed by atoms with Crippen molar-refractivity contribution in [3.8, 4) is 0 Å². The zero-order valence-electron chi connectivity index (χ0n) is 13.9. The summed E-state index contributed by atoms with van der Waals surface area (Å²) in [4.78, 5) is 12.3. The summed E-state index contributed by atoms with van der Waals surface area (Å²) in [6.07, 6.45) is 0. The molecule has 1 aromatic heterocycles. The lowest BCUT2D eigenvalue weighted by Crippen LogP contribution is -2.13.